The second kappa shape index (κ2) is 7.69. The van der Waals surface area contributed by atoms with Crippen molar-refractivity contribution in [3.05, 3.63) is 51.9 Å². The summed E-state index contributed by atoms with van der Waals surface area (Å²) in [5.74, 6) is 0.617. The predicted octanol–water partition coefficient (Wildman–Crippen LogP) is 2.55. The zero-order chi connectivity index (χ0) is 16.8. The highest BCUT2D eigenvalue weighted by molar-refractivity contribution is 6.32. The third-order valence-electron chi connectivity index (χ3n) is 3.23. The number of hydrogen-bond donors (Lipinski definition) is 1. The van der Waals surface area contributed by atoms with Crippen molar-refractivity contribution in [3.63, 3.8) is 0 Å². The molecule has 122 valence electrons. The number of nitrogens with one attached hydrogen (secondary N) is 1. The van der Waals surface area contributed by atoms with Crippen LogP contribution >= 0.6 is 11.6 Å². The van der Waals surface area contributed by atoms with Crippen LogP contribution in [-0.4, -0.2) is 24.7 Å². The Balaban J connectivity index is 2.08. The van der Waals surface area contributed by atoms with Crippen molar-refractivity contribution >= 4 is 23.2 Å². The van der Waals surface area contributed by atoms with Crippen molar-refractivity contribution in [2.45, 2.75) is 13.0 Å². The molecule has 1 N–H and O–H groups in total. The summed E-state index contributed by atoms with van der Waals surface area (Å²) in [6, 6.07) is 8.01. The number of methoxy groups -OCH3 is 2. The smallest absolute Gasteiger partial charge is 0.250 e. The van der Waals surface area contributed by atoms with Gasteiger partial charge in [-0.2, -0.15) is 0 Å². The Morgan fingerprint density at radius 1 is 1.22 bits per heavy atom. The second-order valence-corrected chi connectivity index (χ2v) is 5.12. The Hall–Kier alpha value is -2.47. The number of benzene rings is 1. The standard InChI is InChI=1S/C16H17ClN2O4/c1-22-13-10-12(14(23-2)9-11(13)17)18-15(20)6-8-19-7-4-3-5-16(19)21/h3-5,7,9-10H,6,8H2,1-2H3,(H,18,20). The van der Waals surface area contributed by atoms with Gasteiger partial charge in [0.15, 0.2) is 0 Å². The van der Waals surface area contributed by atoms with E-state index in [1.165, 1.54) is 24.9 Å². The summed E-state index contributed by atoms with van der Waals surface area (Å²) in [5.41, 5.74) is 0.310. The normalized spacial score (nSPS) is 10.2. The van der Waals surface area contributed by atoms with E-state index in [4.69, 9.17) is 21.1 Å². The van der Waals surface area contributed by atoms with Crippen molar-refractivity contribution in [2.24, 2.45) is 0 Å². The van der Waals surface area contributed by atoms with Gasteiger partial charge in [0, 0.05) is 37.4 Å². The molecular weight excluding hydrogens is 320 g/mol. The molecule has 0 saturated heterocycles. The molecule has 2 rings (SSSR count). The van der Waals surface area contributed by atoms with Gasteiger partial charge in [-0.1, -0.05) is 17.7 Å². The first-order valence-electron chi connectivity index (χ1n) is 6.92. The van der Waals surface area contributed by atoms with Gasteiger partial charge in [-0.15, -0.1) is 0 Å². The fourth-order valence-corrected chi connectivity index (χ4v) is 2.27. The summed E-state index contributed by atoms with van der Waals surface area (Å²) in [5, 5.41) is 3.12. The van der Waals surface area contributed by atoms with Gasteiger partial charge in [-0.05, 0) is 6.07 Å². The lowest BCUT2D eigenvalue weighted by Gasteiger charge is -2.13. The van der Waals surface area contributed by atoms with Crippen LogP contribution in [0.1, 0.15) is 6.42 Å². The summed E-state index contributed by atoms with van der Waals surface area (Å²) in [6.45, 7) is 0.290. The molecule has 0 aliphatic heterocycles. The van der Waals surface area contributed by atoms with Gasteiger partial charge in [0.25, 0.3) is 5.56 Å². The number of hydrogen-bond acceptors (Lipinski definition) is 4. The van der Waals surface area contributed by atoms with Gasteiger partial charge in [-0.25, -0.2) is 0 Å². The summed E-state index contributed by atoms with van der Waals surface area (Å²) < 4.78 is 11.8. The molecular formula is C16H17ClN2O4. The number of carbonyl (C=O) groups excluding carboxylic acids is 1. The average Bonchev–Trinajstić information content (AvgIpc) is 2.55. The van der Waals surface area contributed by atoms with Gasteiger partial charge >= 0.3 is 0 Å². The minimum atomic E-state index is -0.247. The van der Waals surface area contributed by atoms with Gasteiger partial charge in [0.05, 0.1) is 24.9 Å². The minimum Gasteiger partial charge on any atom is -0.495 e. The quantitative estimate of drug-likeness (QED) is 0.880. The molecule has 2 aromatic rings. The molecule has 7 heteroatoms. The summed E-state index contributed by atoms with van der Waals surface area (Å²) in [6.07, 6.45) is 1.79. The fraction of sp³-hybridized carbons (Fsp3) is 0.250. The molecule has 0 spiro atoms. The van der Waals surface area contributed by atoms with Crippen LogP contribution in [0.3, 0.4) is 0 Å². The molecule has 0 aliphatic carbocycles. The van der Waals surface area contributed by atoms with Crippen LogP contribution in [0.2, 0.25) is 5.02 Å². The molecule has 1 heterocycles. The van der Waals surface area contributed by atoms with E-state index < -0.39 is 0 Å². The Morgan fingerprint density at radius 2 is 1.96 bits per heavy atom. The molecule has 1 aromatic heterocycles. The zero-order valence-electron chi connectivity index (χ0n) is 12.8. The van der Waals surface area contributed by atoms with Gasteiger partial charge < -0.3 is 19.4 Å². The molecule has 0 atom stereocenters. The topological polar surface area (TPSA) is 69.6 Å². The lowest BCUT2D eigenvalue weighted by atomic mass is 10.2. The lowest BCUT2D eigenvalue weighted by Crippen LogP contribution is -2.21. The van der Waals surface area contributed by atoms with Crippen LogP contribution in [0.4, 0.5) is 5.69 Å². The molecule has 0 radical (unpaired) electrons. The maximum Gasteiger partial charge on any atom is 0.250 e. The Labute approximate surface area is 138 Å². The number of halogens is 1. The second-order valence-electron chi connectivity index (χ2n) is 4.72. The van der Waals surface area contributed by atoms with E-state index in [2.05, 4.69) is 5.32 Å². The Bertz CT molecular complexity index is 758. The first-order chi connectivity index (χ1) is 11.0. The molecule has 1 aromatic carbocycles. The number of rotatable bonds is 6. The van der Waals surface area contributed by atoms with E-state index >= 15 is 0 Å². The third-order valence-corrected chi connectivity index (χ3v) is 3.52. The predicted molar refractivity (Wildman–Crippen MR) is 88.5 cm³/mol. The van der Waals surface area contributed by atoms with E-state index in [1.807, 2.05) is 0 Å². The maximum absolute atomic E-state index is 12.1. The highest BCUT2D eigenvalue weighted by atomic mass is 35.5. The summed E-state index contributed by atoms with van der Waals surface area (Å²) in [7, 11) is 2.97. The van der Waals surface area contributed by atoms with Crippen LogP contribution in [0.25, 0.3) is 0 Å². The number of aryl methyl sites for hydroxylation is 1. The number of aromatic nitrogens is 1. The largest absolute Gasteiger partial charge is 0.495 e. The SMILES string of the molecule is COc1cc(NC(=O)CCn2ccccc2=O)c(OC)cc1Cl. The van der Waals surface area contributed by atoms with Crippen molar-refractivity contribution < 1.29 is 14.3 Å². The molecule has 0 aliphatic rings. The highest BCUT2D eigenvalue weighted by Gasteiger charge is 2.12. The first-order valence-corrected chi connectivity index (χ1v) is 7.29. The van der Waals surface area contributed by atoms with Crippen molar-refractivity contribution in [2.75, 3.05) is 19.5 Å². The van der Waals surface area contributed by atoms with E-state index in [1.54, 1.807) is 30.5 Å². The number of carbonyl (C=O) groups is 1. The Kier molecular flexibility index (Phi) is 5.65. The van der Waals surface area contributed by atoms with E-state index in [0.717, 1.165) is 0 Å². The molecule has 0 bridgehead atoms. The molecule has 6 nitrogen and oxygen atoms in total. The molecule has 23 heavy (non-hydrogen) atoms. The number of pyridine rings is 1. The Morgan fingerprint density at radius 3 is 2.61 bits per heavy atom. The van der Waals surface area contributed by atoms with E-state index in [9.17, 15) is 9.59 Å². The van der Waals surface area contributed by atoms with Gasteiger partial charge in [-0.3, -0.25) is 9.59 Å². The first kappa shape index (κ1) is 16.9. The molecule has 0 saturated carbocycles. The third kappa shape index (κ3) is 4.26. The molecule has 0 unspecified atom stereocenters. The van der Waals surface area contributed by atoms with Gasteiger partial charge in [0.1, 0.15) is 11.5 Å². The minimum absolute atomic E-state index is 0.147. The van der Waals surface area contributed by atoms with Crippen LogP contribution in [0, 0.1) is 0 Å². The van der Waals surface area contributed by atoms with Crippen LogP contribution in [0.15, 0.2) is 41.3 Å². The number of amides is 1. The van der Waals surface area contributed by atoms with Crippen LogP contribution in [-0.2, 0) is 11.3 Å². The van der Waals surface area contributed by atoms with Crippen molar-refractivity contribution in [1.29, 1.82) is 0 Å². The zero-order valence-corrected chi connectivity index (χ0v) is 13.6. The molecule has 1 amide bonds. The molecule has 0 fully saturated rings. The fourth-order valence-electron chi connectivity index (χ4n) is 2.04. The van der Waals surface area contributed by atoms with Crippen molar-refractivity contribution in [3.8, 4) is 11.5 Å². The van der Waals surface area contributed by atoms with Crippen LogP contribution < -0.4 is 20.3 Å². The maximum atomic E-state index is 12.1. The average molecular weight is 337 g/mol. The lowest BCUT2D eigenvalue weighted by molar-refractivity contribution is -0.116. The summed E-state index contributed by atoms with van der Waals surface area (Å²) in [4.78, 5) is 23.7. The monoisotopic (exact) mass is 336 g/mol. The van der Waals surface area contributed by atoms with Crippen LogP contribution in [0.5, 0.6) is 11.5 Å². The number of nitrogens with zero attached hydrogens (tertiary/aromatic N) is 1. The highest BCUT2D eigenvalue weighted by Crippen LogP contribution is 2.35. The number of anilines is 1. The van der Waals surface area contributed by atoms with E-state index in [-0.39, 0.29) is 17.9 Å². The number of ether oxygens (including phenoxy) is 2. The van der Waals surface area contributed by atoms with Gasteiger partial charge in [0.2, 0.25) is 5.91 Å². The van der Waals surface area contributed by atoms with E-state index in [0.29, 0.717) is 28.8 Å². The summed E-state index contributed by atoms with van der Waals surface area (Å²) >= 11 is 6.02. The van der Waals surface area contributed by atoms with Crippen molar-refractivity contribution in [1.82, 2.24) is 4.57 Å².